The largest absolute Gasteiger partial charge is 0.342 e. The van der Waals surface area contributed by atoms with Gasteiger partial charge in [-0.05, 0) is 42.0 Å². The van der Waals surface area contributed by atoms with Crippen LogP contribution in [0.3, 0.4) is 0 Å². The lowest BCUT2D eigenvalue weighted by Crippen LogP contribution is -2.55. The van der Waals surface area contributed by atoms with E-state index < -0.39 is 0 Å². The third-order valence-corrected chi connectivity index (χ3v) is 5.43. The van der Waals surface area contributed by atoms with Gasteiger partial charge in [0.2, 0.25) is 11.8 Å². The second-order valence-corrected chi connectivity index (χ2v) is 7.92. The Labute approximate surface area is 148 Å². The van der Waals surface area contributed by atoms with Crippen molar-refractivity contribution in [1.29, 1.82) is 0 Å². The normalized spacial score (nSPS) is 24.4. The Bertz CT molecular complexity index is 602. The van der Waals surface area contributed by atoms with Gasteiger partial charge in [0, 0.05) is 38.0 Å². The number of aromatic nitrogens is 4. The SMILES string of the molecule is CC(C)CCN1C[C@]2(CCCN(C(=O)Cn3cnnn3)C2)CCC1=O. The van der Waals surface area contributed by atoms with Crippen LogP contribution in [-0.2, 0) is 16.1 Å². The van der Waals surface area contributed by atoms with Crippen LogP contribution in [0.25, 0.3) is 0 Å². The van der Waals surface area contributed by atoms with Crippen LogP contribution in [0.2, 0.25) is 0 Å². The van der Waals surface area contributed by atoms with Crippen LogP contribution >= 0.6 is 0 Å². The van der Waals surface area contributed by atoms with Gasteiger partial charge in [-0.3, -0.25) is 9.59 Å². The smallest absolute Gasteiger partial charge is 0.244 e. The van der Waals surface area contributed by atoms with Gasteiger partial charge in [-0.2, -0.15) is 0 Å². The van der Waals surface area contributed by atoms with Crippen LogP contribution in [0.5, 0.6) is 0 Å². The van der Waals surface area contributed by atoms with E-state index in [-0.39, 0.29) is 23.8 Å². The highest BCUT2D eigenvalue weighted by Gasteiger charge is 2.42. The molecule has 0 N–H and O–H groups in total. The predicted molar refractivity (Wildman–Crippen MR) is 91.3 cm³/mol. The number of tetrazole rings is 1. The summed E-state index contributed by atoms with van der Waals surface area (Å²) in [7, 11) is 0. The molecule has 0 aromatic carbocycles. The zero-order chi connectivity index (χ0) is 17.9. The summed E-state index contributed by atoms with van der Waals surface area (Å²) >= 11 is 0. The van der Waals surface area contributed by atoms with E-state index in [0.29, 0.717) is 12.3 Å². The number of carbonyl (C=O) groups is 2. The number of piperidine rings is 2. The van der Waals surface area contributed by atoms with Crippen LogP contribution in [0.15, 0.2) is 6.33 Å². The van der Waals surface area contributed by atoms with Crippen LogP contribution < -0.4 is 0 Å². The number of hydrogen-bond donors (Lipinski definition) is 0. The van der Waals surface area contributed by atoms with Crippen molar-refractivity contribution >= 4 is 11.8 Å². The first-order valence-corrected chi connectivity index (χ1v) is 9.24. The highest BCUT2D eigenvalue weighted by atomic mass is 16.2. The van der Waals surface area contributed by atoms with Crippen LogP contribution in [0.4, 0.5) is 0 Å². The number of likely N-dealkylation sites (tertiary alicyclic amines) is 2. The molecule has 1 aromatic heterocycles. The molecule has 2 aliphatic heterocycles. The van der Waals surface area contributed by atoms with Crippen LogP contribution in [0.1, 0.15) is 46.0 Å². The fourth-order valence-corrected chi connectivity index (χ4v) is 3.97. The lowest BCUT2D eigenvalue weighted by atomic mass is 9.73. The topological polar surface area (TPSA) is 84.2 Å². The first kappa shape index (κ1) is 17.8. The second kappa shape index (κ2) is 7.49. The molecule has 1 aromatic rings. The monoisotopic (exact) mass is 348 g/mol. The van der Waals surface area contributed by atoms with E-state index in [4.69, 9.17) is 0 Å². The maximum Gasteiger partial charge on any atom is 0.244 e. The Morgan fingerprint density at radius 1 is 1.32 bits per heavy atom. The lowest BCUT2D eigenvalue weighted by molar-refractivity contribution is -0.143. The summed E-state index contributed by atoms with van der Waals surface area (Å²) in [6.07, 6.45) is 6.07. The van der Waals surface area contributed by atoms with Gasteiger partial charge >= 0.3 is 0 Å². The van der Waals surface area contributed by atoms with E-state index in [0.717, 1.165) is 51.9 Å². The van der Waals surface area contributed by atoms with E-state index in [1.54, 1.807) is 0 Å². The van der Waals surface area contributed by atoms with E-state index in [2.05, 4.69) is 29.4 Å². The molecule has 8 heteroatoms. The van der Waals surface area contributed by atoms with Crippen molar-refractivity contribution in [2.24, 2.45) is 11.3 Å². The molecule has 2 saturated heterocycles. The minimum Gasteiger partial charge on any atom is -0.342 e. The van der Waals surface area contributed by atoms with Crippen LogP contribution in [-0.4, -0.2) is 68.0 Å². The lowest BCUT2D eigenvalue weighted by Gasteiger charge is -2.48. The van der Waals surface area contributed by atoms with Crippen molar-refractivity contribution in [1.82, 2.24) is 30.0 Å². The van der Waals surface area contributed by atoms with Crippen molar-refractivity contribution in [2.75, 3.05) is 26.2 Å². The summed E-state index contributed by atoms with van der Waals surface area (Å²) in [4.78, 5) is 28.8. The fourth-order valence-electron chi connectivity index (χ4n) is 3.97. The van der Waals surface area contributed by atoms with Crippen molar-refractivity contribution in [3.63, 3.8) is 0 Å². The van der Waals surface area contributed by atoms with Gasteiger partial charge in [-0.1, -0.05) is 13.8 Å². The molecule has 1 atom stereocenters. The minimum atomic E-state index is 0.0528. The summed E-state index contributed by atoms with van der Waals surface area (Å²) in [6.45, 7) is 7.68. The van der Waals surface area contributed by atoms with E-state index in [1.165, 1.54) is 11.0 Å². The molecule has 0 radical (unpaired) electrons. The average molecular weight is 348 g/mol. The first-order valence-electron chi connectivity index (χ1n) is 9.24. The molecule has 1 spiro atoms. The summed E-state index contributed by atoms with van der Waals surface area (Å²) in [5.41, 5.74) is 0.0550. The standard InChI is InChI=1S/C17H28N6O2/c1-14(2)5-9-22-12-17(7-4-15(22)24)6-3-8-21(11-17)16(25)10-23-13-18-19-20-23/h13-14H,3-12H2,1-2H3/t17-/m1/s1. The maximum absolute atomic E-state index is 12.6. The van der Waals surface area contributed by atoms with Gasteiger partial charge in [0.15, 0.2) is 0 Å². The fraction of sp³-hybridized carbons (Fsp3) is 0.824. The zero-order valence-electron chi connectivity index (χ0n) is 15.2. The van der Waals surface area contributed by atoms with E-state index in [9.17, 15) is 9.59 Å². The van der Waals surface area contributed by atoms with E-state index >= 15 is 0 Å². The Balaban J connectivity index is 1.62. The summed E-state index contributed by atoms with van der Waals surface area (Å²) in [5.74, 6) is 0.909. The van der Waals surface area contributed by atoms with Crippen LogP contribution in [0, 0.1) is 11.3 Å². The van der Waals surface area contributed by atoms with Gasteiger partial charge in [-0.15, -0.1) is 5.10 Å². The quantitative estimate of drug-likeness (QED) is 0.791. The molecule has 3 heterocycles. The van der Waals surface area contributed by atoms with Gasteiger partial charge in [-0.25, -0.2) is 4.68 Å². The Hall–Kier alpha value is -1.99. The number of hydrogen-bond acceptors (Lipinski definition) is 5. The second-order valence-electron chi connectivity index (χ2n) is 7.92. The summed E-state index contributed by atoms with van der Waals surface area (Å²) < 4.78 is 1.46. The number of carbonyl (C=O) groups excluding carboxylic acids is 2. The molecule has 0 bridgehead atoms. The Kier molecular flexibility index (Phi) is 5.34. The molecule has 0 aliphatic carbocycles. The summed E-state index contributed by atoms with van der Waals surface area (Å²) in [6, 6.07) is 0. The van der Waals surface area contributed by atoms with Crippen molar-refractivity contribution in [3.8, 4) is 0 Å². The predicted octanol–water partition coefficient (Wildman–Crippen LogP) is 0.950. The molecular weight excluding hydrogens is 320 g/mol. The molecule has 0 unspecified atom stereocenters. The molecule has 2 aliphatic rings. The Morgan fingerprint density at radius 3 is 2.88 bits per heavy atom. The third-order valence-electron chi connectivity index (χ3n) is 5.43. The van der Waals surface area contributed by atoms with E-state index in [1.807, 2.05) is 9.80 Å². The molecule has 8 nitrogen and oxygen atoms in total. The van der Waals surface area contributed by atoms with Crippen molar-refractivity contribution < 1.29 is 9.59 Å². The highest BCUT2D eigenvalue weighted by Crippen LogP contribution is 2.39. The number of amides is 2. The number of rotatable bonds is 5. The van der Waals surface area contributed by atoms with Gasteiger partial charge in [0.1, 0.15) is 12.9 Å². The molecule has 2 fully saturated rings. The molecule has 3 rings (SSSR count). The molecular formula is C17H28N6O2. The van der Waals surface area contributed by atoms with Crippen molar-refractivity contribution in [2.45, 2.75) is 52.5 Å². The highest BCUT2D eigenvalue weighted by molar-refractivity contribution is 5.78. The van der Waals surface area contributed by atoms with Crippen molar-refractivity contribution in [3.05, 3.63) is 6.33 Å². The first-order chi connectivity index (χ1) is 12.0. The Morgan fingerprint density at radius 2 is 2.16 bits per heavy atom. The maximum atomic E-state index is 12.6. The average Bonchev–Trinajstić information content (AvgIpc) is 3.09. The van der Waals surface area contributed by atoms with Gasteiger partial charge in [0.05, 0.1) is 0 Å². The van der Waals surface area contributed by atoms with Gasteiger partial charge < -0.3 is 9.80 Å². The number of nitrogens with zero attached hydrogens (tertiary/aromatic N) is 6. The molecule has 138 valence electrons. The third kappa shape index (κ3) is 4.35. The zero-order valence-corrected chi connectivity index (χ0v) is 15.2. The molecule has 0 saturated carbocycles. The minimum absolute atomic E-state index is 0.0528. The molecule has 2 amide bonds. The molecule has 25 heavy (non-hydrogen) atoms. The summed E-state index contributed by atoms with van der Waals surface area (Å²) in [5, 5.41) is 10.9. The van der Waals surface area contributed by atoms with Gasteiger partial charge in [0.25, 0.3) is 0 Å².